The van der Waals surface area contributed by atoms with Crippen LogP contribution in [0.25, 0.3) is 0 Å². The maximum atomic E-state index is 12.6. The first-order valence-corrected chi connectivity index (χ1v) is 9.48. The summed E-state index contributed by atoms with van der Waals surface area (Å²) in [4.78, 5) is 28.8. The Labute approximate surface area is 151 Å². The number of benzene rings is 1. The van der Waals surface area contributed by atoms with Crippen LogP contribution < -0.4 is 10.2 Å². The molecule has 0 atom stereocenters. The van der Waals surface area contributed by atoms with Crippen LogP contribution in [0.1, 0.15) is 22.4 Å². The number of amides is 2. The normalized spacial score (nSPS) is 16.4. The lowest BCUT2D eigenvalue weighted by Crippen LogP contribution is -2.35. The lowest BCUT2D eigenvalue weighted by Gasteiger charge is -2.27. The first kappa shape index (κ1) is 16.3. The molecule has 0 bridgehead atoms. The van der Waals surface area contributed by atoms with Crippen molar-refractivity contribution >= 4 is 34.3 Å². The highest BCUT2D eigenvalue weighted by Gasteiger charge is 2.25. The second-order valence-corrected chi connectivity index (χ2v) is 7.66. The molecule has 2 aliphatic rings. The van der Waals surface area contributed by atoms with Gasteiger partial charge in [-0.3, -0.25) is 14.5 Å². The van der Waals surface area contributed by atoms with E-state index in [0.29, 0.717) is 6.42 Å². The summed E-state index contributed by atoms with van der Waals surface area (Å²) in [5.41, 5.74) is 3.63. The van der Waals surface area contributed by atoms with Crippen LogP contribution in [0.5, 0.6) is 0 Å². The quantitative estimate of drug-likeness (QED) is 0.839. The Bertz CT molecular complexity index is 802. The highest BCUT2D eigenvalue weighted by Crippen LogP contribution is 2.32. The standard InChI is InChI=1S/C19H21N3O2S/c23-13-20-18-11-15-12-21(8-6-17(15)25-18)9-7-19(24)22-10-5-14-3-1-2-4-16(14)22/h1-4,11,13H,5-10,12H2,(H,20,23). The molecule has 0 radical (unpaired) electrons. The van der Waals surface area contributed by atoms with Gasteiger partial charge in [-0.05, 0) is 36.1 Å². The molecule has 6 heteroatoms. The van der Waals surface area contributed by atoms with Gasteiger partial charge in [0.05, 0.1) is 5.00 Å². The van der Waals surface area contributed by atoms with E-state index in [0.717, 1.165) is 56.1 Å². The molecule has 3 heterocycles. The molecule has 2 aliphatic heterocycles. The van der Waals surface area contributed by atoms with Crippen LogP contribution >= 0.6 is 11.3 Å². The van der Waals surface area contributed by atoms with Gasteiger partial charge in [0.25, 0.3) is 0 Å². The maximum Gasteiger partial charge on any atom is 0.228 e. The molecule has 25 heavy (non-hydrogen) atoms. The van der Waals surface area contributed by atoms with E-state index in [-0.39, 0.29) is 5.91 Å². The van der Waals surface area contributed by atoms with Crippen LogP contribution in [0, 0.1) is 0 Å². The minimum Gasteiger partial charge on any atom is -0.320 e. The van der Waals surface area contributed by atoms with Gasteiger partial charge >= 0.3 is 0 Å². The van der Waals surface area contributed by atoms with Crippen molar-refractivity contribution in [1.29, 1.82) is 0 Å². The predicted molar refractivity (Wildman–Crippen MR) is 100 cm³/mol. The van der Waals surface area contributed by atoms with E-state index < -0.39 is 0 Å². The molecular formula is C19H21N3O2S. The van der Waals surface area contributed by atoms with E-state index in [1.807, 2.05) is 23.1 Å². The summed E-state index contributed by atoms with van der Waals surface area (Å²) in [6.07, 6.45) is 3.21. The third-order valence-electron chi connectivity index (χ3n) is 4.98. The summed E-state index contributed by atoms with van der Waals surface area (Å²) in [6, 6.07) is 10.2. The molecule has 130 valence electrons. The third kappa shape index (κ3) is 3.32. The molecule has 0 aliphatic carbocycles. The number of fused-ring (bicyclic) bond motifs is 2. The molecular weight excluding hydrogens is 334 g/mol. The minimum absolute atomic E-state index is 0.212. The van der Waals surface area contributed by atoms with Gasteiger partial charge in [0.15, 0.2) is 0 Å². The van der Waals surface area contributed by atoms with Crippen LogP contribution in [0.15, 0.2) is 30.3 Å². The number of carbonyl (C=O) groups excluding carboxylic acids is 2. The largest absolute Gasteiger partial charge is 0.320 e. The molecule has 1 aromatic heterocycles. The van der Waals surface area contributed by atoms with E-state index >= 15 is 0 Å². The average molecular weight is 355 g/mol. The Morgan fingerprint density at radius 2 is 2.08 bits per heavy atom. The number of anilines is 2. The number of nitrogens with zero attached hydrogens (tertiary/aromatic N) is 2. The van der Waals surface area contributed by atoms with Crippen molar-refractivity contribution in [3.05, 3.63) is 46.3 Å². The molecule has 0 saturated carbocycles. The van der Waals surface area contributed by atoms with E-state index in [9.17, 15) is 9.59 Å². The number of thiophene rings is 1. The molecule has 2 amide bonds. The molecule has 5 nitrogen and oxygen atoms in total. The predicted octanol–water partition coefficient (Wildman–Crippen LogP) is 2.65. The fourth-order valence-corrected chi connectivity index (χ4v) is 4.72. The maximum absolute atomic E-state index is 12.6. The fourth-order valence-electron chi connectivity index (χ4n) is 3.70. The highest BCUT2D eigenvalue weighted by atomic mass is 32.1. The summed E-state index contributed by atoms with van der Waals surface area (Å²) in [5, 5.41) is 3.64. The van der Waals surface area contributed by atoms with E-state index in [4.69, 9.17) is 0 Å². The van der Waals surface area contributed by atoms with Crippen LogP contribution in [0.4, 0.5) is 10.7 Å². The van der Waals surface area contributed by atoms with Crippen molar-refractivity contribution in [1.82, 2.24) is 4.90 Å². The zero-order chi connectivity index (χ0) is 17.2. The van der Waals surface area contributed by atoms with E-state index in [1.165, 1.54) is 16.0 Å². The second kappa shape index (κ2) is 6.98. The summed E-state index contributed by atoms with van der Waals surface area (Å²) >= 11 is 1.65. The highest BCUT2D eigenvalue weighted by molar-refractivity contribution is 7.16. The summed E-state index contributed by atoms with van der Waals surface area (Å²) in [5.74, 6) is 0.212. The van der Waals surface area contributed by atoms with E-state index in [1.54, 1.807) is 11.3 Å². The van der Waals surface area contributed by atoms with Crippen LogP contribution in [0.3, 0.4) is 0 Å². The Morgan fingerprint density at radius 3 is 2.96 bits per heavy atom. The van der Waals surface area contributed by atoms with Gasteiger partial charge in [-0.25, -0.2) is 0 Å². The molecule has 0 spiro atoms. The van der Waals surface area contributed by atoms with Gasteiger partial charge in [0, 0.05) is 43.2 Å². The van der Waals surface area contributed by atoms with Crippen LogP contribution in [-0.2, 0) is 29.0 Å². The van der Waals surface area contributed by atoms with Crippen molar-refractivity contribution in [3.8, 4) is 0 Å². The third-order valence-corrected chi connectivity index (χ3v) is 6.15. The summed E-state index contributed by atoms with van der Waals surface area (Å²) < 4.78 is 0. The van der Waals surface area contributed by atoms with Crippen molar-refractivity contribution in [2.24, 2.45) is 0 Å². The number of nitrogens with one attached hydrogen (secondary N) is 1. The number of hydrogen-bond acceptors (Lipinski definition) is 4. The van der Waals surface area contributed by atoms with Crippen LogP contribution in [-0.4, -0.2) is 36.9 Å². The lowest BCUT2D eigenvalue weighted by atomic mass is 10.1. The van der Waals surface area contributed by atoms with Crippen molar-refractivity contribution < 1.29 is 9.59 Å². The molecule has 4 rings (SSSR count). The van der Waals surface area contributed by atoms with Crippen LogP contribution in [0.2, 0.25) is 0 Å². The minimum atomic E-state index is 0.212. The van der Waals surface area contributed by atoms with Gasteiger partial charge in [0.2, 0.25) is 12.3 Å². The summed E-state index contributed by atoms with van der Waals surface area (Å²) in [6.45, 7) is 3.41. The Balaban J connectivity index is 1.34. The number of para-hydroxylation sites is 1. The van der Waals surface area contributed by atoms with Gasteiger partial charge in [-0.15, -0.1) is 11.3 Å². The molecule has 1 aromatic carbocycles. The topological polar surface area (TPSA) is 52.7 Å². The number of rotatable bonds is 5. The van der Waals surface area contributed by atoms with Crippen molar-refractivity contribution in [2.75, 3.05) is 29.9 Å². The zero-order valence-electron chi connectivity index (χ0n) is 14.0. The van der Waals surface area contributed by atoms with Gasteiger partial charge < -0.3 is 10.2 Å². The monoisotopic (exact) mass is 355 g/mol. The van der Waals surface area contributed by atoms with Gasteiger partial charge in [-0.2, -0.15) is 0 Å². The smallest absolute Gasteiger partial charge is 0.228 e. The molecule has 0 saturated heterocycles. The zero-order valence-corrected chi connectivity index (χ0v) is 14.8. The van der Waals surface area contributed by atoms with Crippen molar-refractivity contribution in [2.45, 2.75) is 25.8 Å². The second-order valence-electron chi connectivity index (χ2n) is 6.52. The van der Waals surface area contributed by atoms with E-state index in [2.05, 4.69) is 22.3 Å². The fraction of sp³-hybridized carbons (Fsp3) is 0.368. The average Bonchev–Trinajstić information content (AvgIpc) is 3.23. The Hall–Kier alpha value is -2.18. The van der Waals surface area contributed by atoms with Crippen molar-refractivity contribution in [3.63, 3.8) is 0 Å². The SMILES string of the molecule is O=CNc1cc2c(s1)CCN(CCC(=O)N1CCc3ccccc31)C2. The first-order valence-electron chi connectivity index (χ1n) is 8.67. The molecule has 0 fully saturated rings. The Morgan fingerprint density at radius 1 is 1.20 bits per heavy atom. The molecule has 1 N–H and O–H groups in total. The molecule has 2 aromatic rings. The Kier molecular flexibility index (Phi) is 4.55. The molecule has 0 unspecified atom stereocenters. The van der Waals surface area contributed by atoms with Gasteiger partial charge in [-0.1, -0.05) is 18.2 Å². The first-order chi connectivity index (χ1) is 12.2. The number of carbonyl (C=O) groups is 2. The summed E-state index contributed by atoms with van der Waals surface area (Å²) in [7, 11) is 0. The lowest BCUT2D eigenvalue weighted by molar-refractivity contribution is -0.118. The number of hydrogen-bond donors (Lipinski definition) is 1. The van der Waals surface area contributed by atoms with Gasteiger partial charge in [0.1, 0.15) is 0 Å².